The molecule has 0 heterocycles. The number of nitrogens with one attached hydrogen (secondary N) is 1. The molecule has 122 valence electrons. The number of amides is 1. The molecule has 6 heteroatoms. The molecule has 0 saturated heterocycles. The van der Waals surface area contributed by atoms with Crippen LogP contribution in [0.1, 0.15) is 0 Å². The molecule has 2 rings (SSSR count). The van der Waals surface area contributed by atoms with Crippen molar-refractivity contribution in [2.24, 2.45) is 0 Å². The Morgan fingerprint density at radius 3 is 2.43 bits per heavy atom. The Balaban J connectivity index is 1.74. The summed E-state index contributed by atoms with van der Waals surface area (Å²) in [6.07, 6.45) is 0. The van der Waals surface area contributed by atoms with Crippen molar-refractivity contribution in [1.82, 2.24) is 4.90 Å². The van der Waals surface area contributed by atoms with Gasteiger partial charge in [-0.3, -0.25) is 9.69 Å². The van der Waals surface area contributed by atoms with Crippen molar-refractivity contribution < 1.29 is 9.53 Å². The molecule has 0 atom stereocenters. The van der Waals surface area contributed by atoms with Crippen LogP contribution in [-0.2, 0) is 4.79 Å². The first kappa shape index (κ1) is 17.6. The highest BCUT2D eigenvalue weighted by molar-refractivity contribution is 6.33. The lowest BCUT2D eigenvalue weighted by Crippen LogP contribution is -2.33. The Labute approximate surface area is 146 Å². The third kappa shape index (κ3) is 5.75. The topological polar surface area (TPSA) is 41.6 Å². The van der Waals surface area contributed by atoms with Crippen molar-refractivity contribution in [2.45, 2.75) is 0 Å². The van der Waals surface area contributed by atoms with E-state index in [2.05, 4.69) is 5.32 Å². The predicted molar refractivity (Wildman–Crippen MR) is 94.5 cm³/mol. The molecule has 4 nitrogen and oxygen atoms in total. The van der Waals surface area contributed by atoms with Gasteiger partial charge >= 0.3 is 0 Å². The van der Waals surface area contributed by atoms with Crippen molar-refractivity contribution in [3.05, 3.63) is 58.6 Å². The fourth-order valence-electron chi connectivity index (χ4n) is 1.95. The van der Waals surface area contributed by atoms with E-state index in [1.165, 1.54) is 0 Å². The summed E-state index contributed by atoms with van der Waals surface area (Å²) in [5, 5.41) is 3.88. The van der Waals surface area contributed by atoms with Crippen LogP contribution in [0, 0.1) is 0 Å². The van der Waals surface area contributed by atoms with Crippen LogP contribution in [0.25, 0.3) is 0 Å². The third-order valence-electron chi connectivity index (χ3n) is 3.13. The number of carbonyl (C=O) groups is 1. The number of para-hydroxylation sites is 2. The summed E-state index contributed by atoms with van der Waals surface area (Å²) in [5.74, 6) is 0.515. The summed E-state index contributed by atoms with van der Waals surface area (Å²) in [6, 6.07) is 14.4. The van der Waals surface area contributed by atoms with Crippen LogP contribution in [0.5, 0.6) is 5.75 Å². The number of likely N-dealkylation sites (N-methyl/N-ethyl adjacent to an activating group) is 1. The second-order valence-electron chi connectivity index (χ2n) is 5.04. The molecule has 0 spiro atoms. The van der Waals surface area contributed by atoms with Gasteiger partial charge in [-0.2, -0.15) is 0 Å². The molecule has 0 unspecified atom stereocenters. The Kier molecular flexibility index (Phi) is 6.71. The molecular formula is C17H18Cl2N2O2. The number of anilines is 1. The Morgan fingerprint density at radius 1 is 1.09 bits per heavy atom. The molecular weight excluding hydrogens is 335 g/mol. The van der Waals surface area contributed by atoms with Crippen molar-refractivity contribution in [3.63, 3.8) is 0 Å². The summed E-state index contributed by atoms with van der Waals surface area (Å²) in [4.78, 5) is 13.9. The molecule has 1 N–H and O–H groups in total. The fraction of sp³-hybridized carbons (Fsp3) is 0.235. The maximum absolute atomic E-state index is 12.0. The first-order valence-corrected chi connectivity index (χ1v) is 7.92. The maximum Gasteiger partial charge on any atom is 0.238 e. The highest BCUT2D eigenvalue weighted by Crippen LogP contribution is 2.23. The zero-order chi connectivity index (χ0) is 16.7. The summed E-state index contributed by atoms with van der Waals surface area (Å²) < 4.78 is 5.60. The average molecular weight is 353 g/mol. The lowest BCUT2D eigenvalue weighted by atomic mass is 10.3. The largest absolute Gasteiger partial charge is 0.491 e. The molecule has 0 saturated carbocycles. The van der Waals surface area contributed by atoms with Crippen LogP contribution in [0.4, 0.5) is 5.69 Å². The smallest absolute Gasteiger partial charge is 0.238 e. The lowest BCUT2D eigenvalue weighted by Gasteiger charge is -2.17. The zero-order valence-electron chi connectivity index (χ0n) is 12.8. The van der Waals surface area contributed by atoms with E-state index in [4.69, 9.17) is 27.9 Å². The molecule has 0 aliphatic rings. The summed E-state index contributed by atoms with van der Waals surface area (Å²) in [5.41, 5.74) is 0.611. The number of halogens is 2. The normalized spacial score (nSPS) is 10.6. The molecule has 0 bridgehead atoms. The second kappa shape index (κ2) is 8.77. The minimum atomic E-state index is -0.127. The van der Waals surface area contributed by atoms with Crippen LogP contribution in [0.15, 0.2) is 48.5 Å². The zero-order valence-corrected chi connectivity index (χ0v) is 14.3. The van der Waals surface area contributed by atoms with Gasteiger partial charge in [0.05, 0.1) is 22.3 Å². The fourth-order valence-corrected chi connectivity index (χ4v) is 2.32. The van der Waals surface area contributed by atoms with Crippen LogP contribution < -0.4 is 10.1 Å². The number of ether oxygens (including phenoxy) is 1. The highest BCUT2D eigenvalue weighted by atomic mass is 35.5. The van der Waals surface area contributed by atoms with Crippen LogP contribution in [0.2, 0.25) is 10.0 Å². The van der Waals surface area contributed by atoms with Crippen molar-refractivity contribution in [1.29, 1.82) is 0 Å². The molecule has 0 radical (unpaired) electrons. The molecule has 23 heavy (non-hydrogen) atoms. The summed E-state index contributed by atoms with van der Waals surface area (Å²) in [7, 11) is 1.85. The van der Waals surface area contributed by atoms with Gasteiger partial charge in [0.15, 0.2) is 0 Å². The van der Waals surface area contributed by atoms with Gasteiger partial charge in [-0.25, -0.2) is 0 Å². The predicted octanol–water partition coefficient (Wildman–Crippen LogP) is 3.94. The quantitative estimate of drug-likeness (QED) is 0.820. The first-order chi connectivity index (χ1) is 11.1. The van der Waals surface area contributed by atoms with Crippen molar-refractivity contribution >= 4 is 34.8 Å². The van der Waals surface area contributed by atoms with Gasteiger partial charge in [0.2, 0.25) is 5.91 Å². The van der Waals surface area contributed by atoms with Crippen LogP contribution in [0.3, 0.4) is 0 Å². The van der Waals surface area contributed by atoms with E-state index in [0.29, 0.717) is 34.6 Å². The minimum absolute atomic E-state index is 0.127. The standard InChI is InChI=1S/C17H18Cl2N2O2/c1-21(10-11-23-16-9-5-3-7-14(16)19)12-17(22)20-15-8-4-2-6-13(15)18/h2-9H,10-12H2,1H3,(H,20,22). The van der Waals surface area contributed by atoms with Gasteiger partial charge in [0, 0.05) is 6.54 Å². The molecule has 0 fully saturated rings. The molecule has 1 amide bonds. The molecule has 0 aliphatic heterocycles. The third-order valence-corrected chi connectivity index (χ3v) is 3.77. The van der Waals surface area contributed by atoms with E-state index in [-0.39, 0.29) is 12.5 Å². The Hall–Kier alpha value is -1.75. The Morgan fingerprint density at radius 2 is 1.74 bits per heavy atom. The van der Waals surface area contributed by atoms with E-state index < -0.39 is 0 Å². The monoisotopic (exact) mass is 352 g/mol. The molecule has 2 aromatic rings. The number of rotatable bonds is 7. The highest BCUT2D eigenvalue weighted by Gasteiger charge is 2.09. The minimum Gasteiger partial charge on any atom is -0.491 e. The van der Waals surface area contributed by atoms with E-state index >= 15 is 0 Å². The van der Waals surface area contributed by atoms with Crippen LogP contribution >= 0.6 is 23.2 Å². The van der Waals surface area contributed by atoms with E-state index in [1.54, 1.807) is 18.2 Å². The number of hydrogen-bond acceptors (Lipinski definition) is 3. The molecule has 2 aromatic carbocycles. The van der Waals surface area contributed by atoms with Crippen molar-refractivity contribution in [3.8, 4) is 5.75 Å². The second-order valence-corrected chi connectivity index (χ2v) is 5.86. The van der Waals surface area contributed by atoms with Gasteiger partial charge < -0.3 is 10.1 Å². The van der Waals surface area contributed by atoms with Gasteiger partial charge in [-0.1, -0.05) is 47.5 Å². The number of benzene rings is 2. The molecule has 0 aromatic heterocycles. The molecule has 0 aliphatic carbocycles. The van der Waals surface area contributed by atoms with E-state index in [1.807, 2.05) is 42.3 Å². The van der Waals surface area contributed by atoms with Crippen LogP contribution in [-0.4, -0.2) is 37.6 Å². The lowest BCUT2D eigenvalue weighted by molar-refractivity contribution is -0.117. The summed E-state index contributed by atoms with van der Waals surface area (Å²) in [6.45, 7) is 1.29. The van der Waals surface area contributed by atoms with Gasteiger partial charge in [-0.15, -0.1) is 0 Å². The van der Waals surface area contributed by atoms with Gasteiger partial charge in [-0.05, 0) is 31.3 Å². The van der Waals surface area contributed by atoms with E-state index in [9.17, 15) is 4.79 Å². The van der Waals surface area contributed by atoms with E-state index in [0.717, 1.165) is 0 Å². The number of carbonyl (C=O) groups excluding carboxylic acids is 1. The average Bonchev–Trinajstić information content (AvgIpc) is 2.51. The van der Waals surface area contributed by atoms with Gasteiger partial charge in [0.1, 0.15) is 12.4 Å². The number of nitrogens with zero attached hydrogens (tertiary/aromatic N) is 1. The maximum atomic E-state index is 12.0. The van der Waals surface area contributed by atoms with Crippen molar-refractivity contribution in [2.75, 3.05) is 32.1 Å². The van der Waals surface area contributed by atoms with Gasteiger partial charge in [0.25, 0.3) is 0 Å². The first-order valence-electron chi connectivity index (χ1n) is 7.16. The summed E-state index contributed by atoms with van der Waals surface area (Å²) >= 11 is 12.0. The SMILES string of the molecule is CN(CCOc1ccccc1Cl)CC(=O)Nc1ccccc1Cl. The Bertz CT molecular complexity index is 665. The number of hydrogen-bond donors (Lipinski definition) is 1.